The number of fused-ring (bicyclic) bond motifs is 1. The SMILES string of the molecule is COc1ccccc1C(=O)C[C@]1(O)C(=O)N(CCCC#N)c2ccccc21. The Morgan fingerprint density at radius 3 is 2.67 bits per heavy atom. The van der Waals surface area contributed by atoms with Crippen LogP contribution in [0.15, 0.2) is 48.5 Å². The predicted molar refractivity (Wildman–Crippen MR) is 99.5 cm³/mol. The van der Waals surface area contributed by atoms with E-state index in [-0.39, 0.29) is 12.2 Å². The summed E-state index contributed by atoms with van der Waals surface area (Å²) >= 11 is 0. The maximum absolute atomic E-state index is 13.0. The number of hydrogen-bond donors (Lipinski definition) is 1. The fraction of sp³-hybridized carbons (Fsp3) is 0.286. The van der Waals surface area contributed by atoms with Crippen LogP contribution in [0.4, 0.5) is 5.69 Å². The highest BCUT2D eigenvalue weighted by Crippen LogP contribution is 2.43. The van der Waals surface area contributed by atoms with E-state index < -0.39 is 11.5 Å². The summed E-state index contributed by atoms with van der Waals surface area (Å²) in [5.74, 6) is -0.516. The van der Waals surface area contributed by atoms with Gasteiger partial charge in [0, 0.05) is 18.5 Å². The summed E-state index contributed by atoms with van der Waals surface area (Å²) in [6.45, 7) is 0.314. The lowest BCUT2D eigenvalue weighted by molar-refractivity contribution is -0.135. The van der Waals surface area contributed by atoms with Gasteiger partial charge in [-0.05, 0) is 24.6 Å². The Hall–Kier alpha value is -3.17. The molecule has 0 spiro atoms. The molecule has 2 aromatic carbocycles. The Balaban J connectivity index is 1.93. The van der Waals surface area contributed by atoms with E-state index in [0.717, 1.165) is 0 Å². The van der Waals surface area contributed by atoms with Crippen molar-refractivity contribution >= 4 is 17.4 Å². The maximum atomic E-state index is 13.0. The zero-order valence-electron chi connectivity index (χ0n) is 15.0. The summed E-state index contributed by atoms with van der Waals surface area (Å²) in [6.07, 6.45) is 0.426. The number of Topliss-reactive ketones (excluding diaryl/α,β-unsaturated/α-hetero) is 1. The number of nitrogens with zero attached hydrogens (tertiary/aromatic N) is 2. The molecule has 0 bridgehead atoms. The van der Waals surface area contributed by atoms with Gasteiger partial charge in [-0.15, -0.1) is 0 Å². The Morgan fingerprint density at radius 2 is 1.93 bits per heavy atom. The minimum Gasteiger partial charge on any atom is -0.496 e. The highest BCUT2D eigenvalue weighted by molar-refractivity contribution is 6.11. The molecule has 1 atom stereocenters. The molecule has 1 aliphatic heterocycles. The number of rotatable bonds is 7. The third-order valence-electron chi connectivity index (χ3n) is 4.73. The minimum atomic E-state index is -1.93. The Morgan fingerprint density at radius 1 is 1.22 bits per heavy atom. The third kappa shape index (κ3) is 3.29. The molecule has 6 nitrogen and oxygen atoms in total. The number of nitriles is 1. The summed E-state index contributed by atoms with van der Waals surface area (Å²) in [7, 11) is 1.47. The second kappa shape index (κ2) is 7.60. The molecule has 0 fully saturated rings. The number of ether oxygens (including phenoxy) is 1. The summed E-state index contributed by atoms with van der Waals surface area (Å²) in [6, 6.07) is 15.7. The van der Waals surface area contributed by atoms with E-state index in [1.54, 1.807) is 48.5 Å². The fourth-order valence-electron chi connectivity index (χ4n) is 3.42. The number of ketones is 1. The Bertz CT molecular complexity index is 918. The number of unbranched alkanes of at least 4 members (excludes halogenated alkanes) is 1. The summed E-state index contributed by atoms with van der Waals surface area (Å²) < 4.78 is 5.22. The van der Waals surface area contributed by atoms with Crippen molar-refractivity contribution < 1.29 is 19.4 Å². The van der Waals surface area contributed by atoms with Crippen LogP contribution in [0, 0.1) is 11.3 Å². The van der Waals surface area contributed by atoms with Gasteiger partial charge in [0.05, 0.1) is 30.9 Å². The number of methoxy groups -OCH3 is 1. The molecule has 0 saturated carbocycles. The number of amides is 1. The molecule has 0 unspecified atom stereocenters. The van der Waals surface area contributed by atoms with Gasteiger partial charge in [0.2, 0.25) is 0 Å². The number of carbonyl (C=O) groups is 2. The van der Waals surface area contributed by atoms with Crippen LogP contribution in [0.3, 0.4) is 0 Å². The largest absolute Gasteiger partial charge is 0.496 e. The van der Waals surface area contributed by atoms with Gasteiger partial charge in [-0.25, -0.2) is 0 Å². The topological polar surface area (TPSA) is 90.6 Å². The molecule has 1 aliphatic rings. The first-order valence-electron chi connectivity index (χ1n) is 8.70. The van der Waals surface area contributed by atoms with E-state index in [9.17, 15) is 14.7 Å². The van der Waals surface area contributed by atoms with Crippen LogP contribution in [0.25, 0.3) is 0 Å². The molecule has 0 radical (unpaired) electrons. The minimum absolute atomic E-state index is 0.310. The number of anilines is 1. The van der Waals surface area contributed by atoms with Crippen molar-refractivity contribution in [3.63, 3.8) is 0 Å². The second-order valence-electron chi connectivity index (χ2n) is 6.40. The van der Waals surface area contributed by atoms with E-state index in [1.807, 2.05) is 6.07 Å². The van der Waals surface area contributed by atoms with E-state index in [2.05, 4.69) is 0 Å². The molecule has 1 N–H and O–H groups in total. The zero-order chi connectivity index (χ0) is 19.4. The number of carbonyl (C=O) groups excluding carboxylic acids is 2. The molecule has 1 heterocycles. The molecule has 1 amide bonds. The van der Waals surface area contributed by atoms with Gasteiger partial charge < -0.3 is 14.7 Å². The zero-order valence-corrected chi connectivity index (χ0v) is 15.0. The van der Waals surface area contributed by atoms with Crippen LogP contribution in [-0.2, 0) is 10.4 Å². The van der Waals surface area contributed by atoms with Gasteiger partial charge in [-0.2, -0.15) is 5.26 Å². The van der Waals surface area contributed by atoms with E-state index in [4.69, 9.17) is 10.00 Å². The summed E-state index contributed by atoms with van der Waals surface area (Å²) in [4.78, 5) is 27.3. The number of aliphatic hydroxyl groups is 1. The van der Waals surface area contributed by atoms with E-state index >= 15 is 0 Å². The molecular weight excluding hydrogens is 344 g/mol. The molecule has 0 aromatic heterocycles. The standard InChI is InChI=1S/C21H20N2O4/c1-27-19-11-5-2-8-15(19)18(24)14-21(26)16-9-3-4-10-17(16)23(20(21)25)13-7-6-12-22/h2-5,8-11,26H,6-7,13-14H2,1H3/t21-/m1/s1. The lowest BCUT2D eigenvalue weighted by Crippen LogP contribution is -2.42. The number of para-hydroxylation sites is 2. The predicted octanol–water partition coefficient (Wildman–Crippen LogP) is 2.81. The van der Waals surface area contributed by atoms with Gasteiger partial charge in [0.25, 0.3) is 5.91 Å². The van der Waals surface area contributed by atoms with Crippen molar-refractivity contribution in [1.29, 1.82) is 5.26 Å². The lowest BCUT2D eigenvalue weighted by Gasteiger charge is -2.23. The second-order valence-corrected chi connectivity index (χ2v) is 6.40. The fourth-order valence-corrected chi connectivity index (χ4v) is 3.42. The van der Waals surface area contributed by atoms with Crippen LogP contribution in [0.2, 0.25) is 0 Å². The Kier molecular flexibility index (Phi) is 5.24. The molecule has 0 saturated heterocycles. The first-order valence-corrected chi connectivity index (χ1v) is 8.70. The van der Waals surface area contributed by atoms with Gasteiger partial charge in [0.15, 0.2) is 11.4 Å². The van der Waals surface area contributed by atoms with Gasteiger partial charge in [-0.1, -0.05) is 30.3 Å². The van der Waals surface area contributed by atoms with Crippen LogP contribution < -0.4 is 9.64 Å². The van der Waals surface area contributed by atoms with Crippen molar-refractivity contribution in [3.8, 4) is 11.8 Å². The molecule has 3 rings (SSSR count). The highest BCUT2D eigenvalue weighted by Gasteiger charge is 2.50. The quantitative estimate of drug-likeness (QED) is 0.603. The molecule has 6 heteroatoms. The van der Waals surface area contributed by atoms with E-state index in [0.29, 0.717) is 42.0 Å². The highest BCUT2D eigenvalue weighted by atomic mass is 16.5. The monoisotopic (exact) mass is 364 g/mol. The van der Waals surface area contributed by atoms with Crippen LogP contribution in [0.1, 0.15) is 35.2 Å². The molecule has 27 heavy (non-hydrogen) atoms. The average Bonchev–Trinajstić information content (AvgIpc) is 2.90. The van der Waals surface area contributed by atoms with Crippen molar-refractivity contribution in [2.45, 2.75) is 24.9 Å². The van der Waals surface area contributed by atoms with Crippen molar-refractivity contribution in [2.75, 3.05) is 18.6 Å². The van der Waals surface area contributed by atoms with Gasteiger partial charge in [0.1, 0.15) is 5.75 Å². The van der Waals surface area contributed by atoms with Crippen LogP contribution in [0.5, 0.6) is 5.75 Å². The molecule has 0 aliphatic carbocycles. The maximum Gasteiger partial charge on any atom is 0.264 e. The van der Waals surface area contributed by atoms with Crippen molar-refractivity contribution in [3.05, 3.63) is 59.7 Å². The number of hydrogen-bond acceptors (Lipinski definition) is 5. The normalized spacial score (nSPS) is 18.1. The molecule has 138 valence electrons. The molecular formula is C21H20N2O4. The summed E-state index contributed by atoms with van der Waals surface area (Å²) in [5, 5.41) is 20.0. The number of benzene rings is 2. The Labute approximate surface area is 157 Å². The first kappa shape index (κ1) is 18.6. The van der Waals surface area contributed by atoms with Gasteiger partial charge >= 0.3 is 0 Å². The van der Waals surface area contributed by atoms with E-state index in [1.165, 1.54) is 12.0 Å². The van der Waals surface area contributed by atoms with Crippen molar-refractivity contribution in [1.82, 2.24) is 0 Å². The van der Waals surface area contributed by atoms with Crippen LogP contribution >= 0.6 is 0 Å². The van der Waals surface area contributed by atoms with Crippen LogP contribution in [-0.4, -0.2) is 30.5 Å². The lowest BCUT2D eigenvalue weighted by atomic mass is 9.88. The van der Waals surface area contributed by atoms with Gasteiger partial charge in [-0.3, -0.25) is 9.59 Å². The average molecular weight is 364 g/mol. The summed E-state index contributed by atoms with van der Waals surface area (Å²) in [5.41, 5.74) is -0.617. The molecule has 2 aromatic rings. The third-order valence-corrected chi connectivity index (χ3v) is 4.73. The smallest absolute Gasteiger partial charge is 0.264 e. The van der Waals surface area contributed by atoms with Crippen molar-refractivity contribution in [2.24, 2.45) is 0 Å². The first-order chi connectivity index (χ1) is 13.0.